The van der Waals surface area contributed by atoms with Crippen LogP contribution in [-0.4, -0.2) is 33.0 Å². The fourth-order valence-corrected chi connectivity index (χ4v) is 4.03. The Bertz CT molecular complexity index is 1090. The maximum absolute atomic E-state index is 12.2. The summed E-state index contributed by atoms with van der Waals surface area (Å²) in [6.45, 7) is 0.445. The third-order valence-electron chi connectivity index (χ3n) is 4.20. The van der Waals surface area contributed by atoms with E-state index in [-0.39, 0.29) is 17.2 Å². The second-order valence-electron chi connectivity index (χ2n) is 6.34. The summed E-state index contributed by atoms with van der Waals surface area (Å²) in [5.41, 5.74) is 2.57. The van der Waals surface area contributed by atoms with Crippen molar-refractivity contribution >= 4 is 27.3 Å². The Labute approximate surface area is 173 Å². The number of amides is 1. The molecule has 0 fully saturated rings. The average molecular weight is 432 g/mol. The molecule has 2 aromatic carbocycles. The SMILES string of the molecule is COc1cccc(-c2nc(CC(=O)NCCc3ccc(S(N)(=O)=O)cc3)cs2)c1. The molecule has 0 aliphatic heterocycles. The zero-order chi connectivity index (χ0) is 20.9. The van der Waals surface area contributed by atoms with Crippen molar-refractivity contribution in [3.8, 4) is 16.3 Å². The van der Waals surface area contributed by atoms with Crippen LogP contribution in [0.15, 0.2) is 58.8 Å². The van der Waals surface area contributed by atoms with Gasteiger partial charge in [0.15, 0.2) is 0 Å². The molecule has 3 aromatic rings. The number of ether oxygens (including phenoxy) is 1. The van der Waals surface area contributed by atoms with Gasteiger partial charge in [-0.3, -0.25) is 4.79 Å². The Morgan fingerprint density at radius 1 is 1.21 bits per heavy atom. The number of sulfonamides is 1. The fraction of sp³-hybridized carbons (Fsp3) is 0.200. The van der Waals surface area contributed by atoms with Gasteiger partial charge in [0.1, 0.15) is 10.8 Å². The summed E-state index contributed by atoms with van der Waals surface area (Å²) in [7, 11) is -2.08. The topological polar surface area (TPSA) is 111 Å². The summed E-state index contributed by atoms with van der Waals surface area (Å²) >= 11 is 1.48. The van der Waals surface area contributed by atoms with Crippen LogP contribution in [0.3, 0.4) is 0 Å². The molecule has 1 heterocycles. The van der Waals surface area contributed by atoms with Crippen LogP contribution in [0.1, 0.15) is 11.3 Å². The van der Waals surface area contributed by atoms with Crippen molar-refractivity contribution in [1.29, 1.82) is 0 Å². The van der Waals surface area contributed by atoms with Gasteiger partial charge in [-0.05, 0) is 36.2 Å². The lowest BCUT2D eigenvalue weighted by molar-refractivity contribution is -0.120. The number of hydrogen-bond donors (Lipinski definition) is 2. The highest BCUT2D eigenvalue weighted by atomic mass is 32.2. The van der Waals surface area contributed by atoms with E-state index >= 15 is 0 Å². The zero-order valence-electron chi connectivity index (χ0n) is 15.8. The Balaban J connectivity index is 1.50. The Kier molecular flexibility index (Phi) is 6.63. The molecule has 1 amide bonds. The van der Waals surface area contributed by atoms with Crippen LogP contribution in [0.25, 0.3) is 10.6 Å². The van der Waals surface area contributed by atoms with Crippen molar-refractivity contribution in [2.24, 2.45) is 5.14 Å². The predicted molar refractivity (Wildman–Crippen MR) is 112 cm³/mol. The Morgan fingerprint density at radius 3 is 2.66 bits per heavy atom. The van der Waals surface area contributed by atoms with E-state index in [0.29, 0.717) is 18.7 Å². The van der Waals surface area contributed by atoms with Gasteiger partial charge >= 0.3 is 0 Å². The lowest BCUT2D eigenvalue weighted by Gasteiger charge is -2.05. The molecule has 152 valence electrons. The summed E-state index contributed by atoms with van der Waals surface area (Å²) in [4.78, 5) is 16.8. The zero-order valence-corrected chi connectivity index (χ0v) is 17.4. The first-order valence-electron chi connectivity index (χ1n) is 8.82. The molecule has 29 heavy (non-hydrogen) atoms. The average Bonchev–Trinajstić information content (AvgIpc) is 3.16. The summed E-state index contributed by atoms with van der Waals surface area (Å²) < 4.78 is 27.7. The van der Waals surface area contributed by atoms with Gasteiger partial charge in [-0.15, -0.1) is 11.3 Å². The summed E-state index contributed by atoms with van der Waals surface area (Å²) in [6.07, 6.45) is 0.785. The van der Waals surface area contributed by atoms with Crippen molar-refractivity contribution in [2.75, 3.05) is 13.7 Å². The van der Waals surface area contributed by atoms with E-state index in [0.717, 1.165) is 21.9 Å². The van der Waals surface area contributed by atoms with Gasteiger partial charge in [-0.2, -0.15) is 0 Å². The molecule has 0 bridgehead atoms. The predicted octanol–water partition coefficient (Wildman–Crippen LogP) is 2.37. The van der Waals surface area contributed by atoms with E-state index in [2.05, 4.69) is 10.3 Å². The molecule has 3 rings (SSSR count). The molecule has 0 unspecified atom stereocenters. The molecular formula is C20H21N3O4S2. The molecule has 0 atom stereocenters. The lowest BCUT2D eigenvalue weighted by Crippen LogP contribution is -2.27. The van der Waals surface area contributed by atoms with E-state index in [1.165, 1.54) is 23.5 Å². The Morgan fingerprint density at radius 2 is 1.97 bits per heavy atom. The highest BCUT2D eigenvalue weighted by molar-refractivity contribution is 7.89. The monoisotopic (exact) mass is 431 g/mol. The number of primary sulfonamides is 1. The minimum Gasteiger partial charge on any atom is -0.497 e. The standard InChI is InChI=1S/C20H21N3O4S2/c1-27-17-4-2-3-15(11-17)20-23-16(13-28-20)12-19(24)22-10-9-14-5-7-18(8-6-14)29(21,25)26/h2-8,11,13H,9-10,12H2,1H3,(H,22,24)(H2,21,25,26). The highest BCUT2D eigenvalue weighted by Crippen LogP contribution is 2.26. The number of hydrogen-bond acceptors (Lipinski definition) is 6. The molecule has 3 N–H and O–H groups in total. The summed E-state index contributed by atoms with van der Waals surface area (Å²) in [5, 5.41) is 10.6. The number of methoxy groups -OCH3 is 1. The second kappa shape index (κ2) is 9.17. The van der Waals surface area contributed by atoms with Crippen molar-refractivity contribution < 1.29 is 17.9 Å². The lowest BCUT2D eigenvalue weighted by atomic mass is 10.1. The molecule has 1 aromatic heterocycles. The van der Waals surface area contributed by atoms with Gasteiger partial charge < -0.3 is 10.1 Å². The number of thiazole rings is 1. The van der Waals surface area contributed by atoms with Crippen molar-refractivity contribution in [2.45, 2.75) is 17.7 Å². The number of carbonyl (C=O) groups is 1. The molecule has 0 spiro atoms. The van der Waals surface area contributed by atoms with Crippen molar-refractivity contribution in [1.82, 2.24) is 10.3 Å². The number of nitrogens with two attached hydrogens (primary N) is 1. The van der Waals surface area contributed by atoms with Gasteiger partial charge in [0, 0.05) is 17.5 Å². The van der Waals surface area contributed by atoms with Crippen LogP contribution in [0.2, 0.25) is 0 Å². The number of nitrogens with one attached hydrogen (secondary N) is 1. The number of nitrogens with zero attached hydrogens (tertiary/aromatic N) is 1. The highest BCUT2D eigenvalue weighted by Gasteiger charge is 2.10. The van der Waals surface area contributed by atoms with Crippen LogP contribution in [-0.2, 0) is 27.7 Å². The maximum Gasteiger partial charge on any atom is 0.238 e. The number of carbonyl (C=O) groups excluding carboxylic acids is 1. The minimum atomic E-state index is -3.69. The number of benzene rings is 2. The third-order valence-corrected chi connectivity index (χ3v) is 6.07. The van der Waals surface area contributed by atoms with E-state index in [1.807, 2.05) is 29.6 Å². The van der Waals surface area contributed by atoms with Crippen LogP contribution in [0.5, 0.6) is 5.75 Å². The van der Waals surface area contributed by atoms with E-state index in [1.54, 1.807) is 19.2 Å². The largest absolute Gasteiger partial charge is 0.497 e. The first-order valence-corrected chi connectivity index (χ1v) is 11.2. The first-order chi connectivity index (χ1) is 13.8. The minimum absolute atomic E-state index is 0.0701. The molecule has 7 nitrogen and oxygen atoms in total. The second-order valence-corrected chi connectivity index (χ2v) is 8.76. The normalized spacial score (nSPS) is 11.2. The van der Waals surface area contributed by atoms with Gasteiger partial charge in [-0.1, -0.05) is 24.3 Å². The molecular weight excluding hydrogens is 410 g/mol. The van der Waals surface area contributed by atoms with Gasteiger partial charge in [0.2, 0.25) is 15.9 Å². The first kappa shape index (κ1) is 21.0. The van der Waals surface area contributed by atoms with Gasteiger partial charge in [-0.25, -0.2) is 18.5 Å². The molecule has 0 saturated heterocycles. The summed E-state index contributed by atoms with van der Waals surface area (Å²) in [5.74, 6) is 0.641. The quantitative estimate of drug-likeness (QED) is 0.569. The van der Waals surface area contributed by atoms with Crippen LogP contribution in [0, 0.1) is 0 Å². The smallest absolute Gasteiger partial charge is 0.238 e. The van der Waals surface area contributed by atoms with Gasteiger partial charge in [0.25, 0.3) is 0 Å². The van der Waals surface area contributed by atoms with Crippen LogP contribution in [0.4, 0.5) is 0 Å². The molecule has 0 radical (unpaired) electrons. The molecule has 0 aliphatic rings. The van der Waals surface area contributed by atoms with E-state index < -0.39 is 10.0 Å². The van der Waals surface area contributed by atoms with E-state index in [9.17, 15) is 13.2 Å². The Hall–Kier alpha value is -2.75. The summed E-state index contributed by atoms with van der Waals surface area (Å²) in [6, 6.07) is 13.9. The fourth-order valence-electron chi connectivity index (χ4n) is 2.70. The van der Waals surface area contributed by atoms with Gasteiger partial charge in [0.05, 0.1) is 24.1 Å². The van der Waals surface area contributed by atoms with Crippen molar-refractivity contribution in [3.05, 3.63) is 65.2 Å². The molecule has 0 saturated carbocycles. The molecule has 9 heteroatoms. The third kappa shape index (κ3) is 5.86. The number of aromatic nitrogens is 1. The number of rotatable bonds is 8. The maximum atomic E-state index is 12.2. The molecule has 0 aliphatic carbocycles. The van der Waals surface area contributed by atoms with E-state index in [4.69, 9.17) is 9.88 Å². The van der Waals surface area contributed by atoms with Crippen LogP contribution < -0.4 is 15.2 Å². The van der Waals surface area contributed by atoms with Crippen molar-refractivity contribution in [3.63, 3.8) is 0 Å². The van der Waals surface area contributed by atoms with Crippen LogP contribution >= 0.6 is 11.3 Å².